The third-order valence-electron chi connectivity index (χ3n) is 3.85. The van der Waals surface area contributed by atoms with Crippen LogP contribution in [0.15, 0.2) is 42.5 Å². The average molecular weight is 345 g/mol. The van der Waals surface area contributed by atoms with Crippen LogP contribution in [0.3, 0.4) is 0 Å². The Morgan fingerprint density at radius 2 is 1.88 bits per heavy atom. The van der Waals surface area contributed by atoms with Crippen molar-refractivity contribution in [1.29, 1.82) is 0 Å². The zero-order chi connectivity index (χ0) is 17.8. The van der Waals surface area contributed by atoms with Crippen LogP contribution >= 0.6 is 0 Å². The van der Waals surface area contributed by atoms with Crippen molar-refractivity contribution in [1.82, 2.24) is 0 Å². The molecule has 3 rings (SSSR count). The van der Waals surface area contributed by atoms with E-state index in [9.17, 15) is 14.0 Å². The van der Waals surface area contributed by atoms with Crippen LogP contribution in [0.25, 0.3) is 0 Å². The van der Waals surface area contributed by atoms with Crippen molar-refractivity contribution in [2.45, 2.75) is 18.8 Å². The monoisotopic (exact) mass is 345 g/mol. The van der Waals surface area contributed by atoms with E-state index in [2.05, 4.69) is 5.32 Å². The highest BCUT2D eigenvalue weighted by atomic mass is 19.1. The number of anilines is 1. The van der Waals surface area contributed by atoms with Gasteiger partial charge in [0.25, 0.3) is 0 Å². The highest BCUT2D eigenvalue weighted by molar-refractivity contribution is 5.92. The number of aliphatic carboxylic acids is 1. The molecule has 25 heavy (non-hydrogen) atoms. The fourth-order valence-corrected chi connectivity index (χ4v) is 2.72. The van der Waals surface area contributed by atoms with Gasteiger partial charge in [-0.05, 0) is 23.8 Å². The Labute approximate surface area is 143 Å². The van der Waals surface area contributed by atoms with E-state index < -0.39 is 23.6 Å². The molecular formula is C18H16FNO5. The Hall–Kier alpha value is -3.09. The number of fused-ring (bicyclic) bond motifs is 1. The number of halogens is 1. The van der Waals surface area contributed by atoms with Crippen LogP contribution in [-0.2, 0) is 9.59 Å². The first-order valence-corrected chi connectivity index (χ1v) is 7.68. The summed E-state index contributed by atoms with van der Waals surface area (Å²) in [5, 5.41) is 11.7. The summed E-state index contributed by atoms with van der Waals surface area (Å²) in [6, 6.07) is 10.8. The van der Waals surface area contributed by atoms with Gasteiger partial charge in [-0.3, -0.25) is 9.59 Å². The number of carbonyl (C=O) groups excluding carboxylic acids is 1. The fourth-order valence-electron chi connectivity index (χ4n) is 2.72. The van der Waals surface area contributed by atoms with Crippen LogP contribution in [-0.4, -0.2) is 23.8 Å². The minimum absolute atomic E-state index is 0.126. The van der Waals surface area contributed by atoms with Crippen molar-refractivity contribution in [3.05, 3.63) is 53.8 Å². The number of carboxylic acids is 1. The molecule has 1 unspecified atom stereocenters. The standard InChI is InChI=1S/C18H16FNO5/c19-14-4-2-1-3-13(14)11(8-18(22)23)7-17(21)20-12-5-6-15-16(9-12)25-10-24-15/h1-6,9,11H,7-8,10H2,(H,20,21)(H,22,23). The molecule has 2 N–H and O–H groups in total. The predicted octanol–water partition coefficient (Wildman–Crippen LogP) is 3.14. The maximum absolute atomic E-state index is 14.0. The van der Waals surface area contributed by atoms with Crippen molar-refractivity contribution in [2.24, 2.45) is 0 Å². The van der Waals surface area contributed by atoms with Crippen LogP contribution in [0.2, 0.25) is 0 Å². The number of rotatable bonds is 6. The highest BCUT2D eigenvalue weighted by Crippen LogP contribution is 2.34. The lowest BCUT2D eigenvalue weighted by atomic mass is 9.91. The molecule has 0 bridgehead atoms. The van der Waals surface area contributed by atoms with E-state index >= 15 is 0 Å². The minimum Gasteiger partial charge on any atom is -0.481 e. The summed E-state index contributed by atoms with van der Waals surface area (Å²) < 4.78 is 24.4. The van der Waals surface area contributed by atoms with Crippen molar-refractivity contribution < 1.29 is 28.6 Å². The summed E-state index contributed by atoms with van der Waals surface area (Å²) in [7, 11) is 0. The molecule has 2 aromatic carbocycles. The minimum atomic E-state index is -1.09. The zero-order valence-electron chi connectivity index (χ0n) is 13.2. The molecule has 0 aliphatic carbocycles. The van der Waals surface area contributed by atoms with Gasteiger partial charge in [-0.25, -0.2) is 4.39 Å². The lowest BCUT2D eigenvalue weighted by Crippen LogP contribution is -2.18. The molecule has 130 valence electrons. The van der Waals surface area contributed by atoms with Gasteiger partial charge in [0, 0.05) is 24.1 Å². The highest BCUT2D eigenvalue weighted by Gasteiger charge is 2.22. The number of hydrogen-bond acceptors (Lipinski definition) is 4. The Morgan fingerprint density at radius 1 is 1.12 bits per heavy atom. The maximum Gasteiger partial charge on any atom is 0.303 e. The van der Waals surface area contributed by atoms with Gasteiger partial charge in [0.1, 0.15) is 5.82 Å². The molecule has 0 saturated heterocycles. The van der Waals surface area contributed by atoms with E-state index in [-0.39, 0.29) is 25.2 Å². The van der Waals surface area contributed by atoms with Crippen LogP contribution in [0, 0.1) is 5.82 Å². The zero-order valence-corrected chi connectivity index (χ0v) is 13.2. The van der Waals surface area contributed by atoms with Crippen molar-refractivity contribution >= 4 is 17.6 Å². The Balaban J connectivity index is 1.72. The van der Waals surface area contributed by atoms with E-state index in [1.807, 2.05) is 0 Å². The molecule has 1 heterocycles. The van der Waals surface area contributed by atoms with Crippen molar-refractivity contribution in [3.8, 4) is 11.5 Å². The number of ether oxygens (including phenoxy) is 2. The SMILES string of the molecule is O=C(O)CC(CC(=O)Nc1ccc2c(c1)OCO2)c1ccccc1F. The summed E-state index contributed by atoms with van der Waals surface area (Å²) in [5.74, 6) is -1.67. The summed E-state index contributed by atoms with van der Waals surface area (Å²) >= 11 is 0. The van der Waals surface area contributed by atoms with Gasteiger partial charge in [-0.15, -0.1) is 0 Å². The summed E-state index contributed by atoms with van der Waals surface area (Å²) in [6.07, 6.45) is -0.489. The first-order chi connectivity index (χ1) is 12.0. The van der Waals surface area contributed by atoms with E-state index in [0.717, 1.165) is 0 Å². The summed E-state index contributed by atoms with van der Waals surface area (Å²) in [5.41, 5.74) is 0.711. The lowest BCUT2D eigenvalue weighted by molar-refractivity contribution is -0.137. The molecule has 1 aliphatic heterocycles. The molecule has 1 amide bonds. The molecule has 0 aromatic heterocycles. The molecule has 2 aromatic rings. The van der Waals surface area contributed by atoms with E-state index in [0.29, 0.717) is 17.2 Å². The fraction of sp³-hybridized carbons (Fsp3) is 0.222. The smallest absolute Gasteiger partial charge is 0.303 e. The maximum atomic E-state index is 14.0. The van der Waals surface area contributed by atoms with Gasteiger partial charge < -0.3 is 19.9 Å². The second-order valence-electron chi connectivity index (χ2n) is 5.64. The Bertz CT molecular complexity index is 808. The number of nitrogens with one attached hydrogen (secondary N) is 1. The number of carbonyl (C=O) groups is 2. The number of carboxylic acid groups (broad SMARTS) is 1. The van der Waals surface area contributed by atoms with Gasteiger partial charge >= 0.3 is 5.97 Å². The van der Waals surface area contributed by atoms with Crippen LogP contribution in [0.1, 0.15) is 24.3 Å². The molecule has 0 spiro atoms. The van der Waals surface area contributed by atoms with E-state index in [1.165, 1.54) is 18.2 Å². The Morgan fingerprint density at radius 3 is 2.64 bits per heavy atom. The topological polar surface area (TPSA) is 84.9 Å². The molecule has 7 heteroatoms. The van der Waals surface area contributed by atoms with Crippen LogP contribution in [0.5, 0.6) is 11.5 Å². The second kappa shape index (κ2) is 7.21. The van der Waals surface area contributed by atoms with Crippen LogP contribution in [0.4, 0.5) is 10.1 Å². The molecule has 6 nitrogen and oxygen atoms in total. The van der Waals surface area contributed by atoms with Gasteiger partial charge in [-0.1, -0.05) is 18.2 Å². The molecule has 0 fully saturated rings. The number of benzene rings is 2. The number of amides is 1. The lowest BCUT2D eigenvalue weighted by Gasteiger charge is -2.16. The molecule has 1 atom stereocenters. The molecule has 1 aliphatic rings. The summed E-state index contributed by atoms with van der Waals surface area (Å²) in [6.45, 7) is 0.126. The van der Waals surface area contributed by atoms with Gasteiger partial charge in [0.05, 0.1) is 6.42 Å². The first-order valence-electron chi connectivity index (χ1n) is 7.68. The van der Waals surface area contributed by atoms with Gasteiger partial charge in [-0.2, -0.15) is 0 Å². The van der Waals surface area contributed by atoms with E-state index in [4.69, 9.17) is 14.6 Å². The van der Waals surface area contributed by atoms with E-state index in [1.54, 1.807) is 24.3 Å². The third-order valence-corrected chi connectivity index (χ3v) is 3.85. The third kappa shape index (κ3) is 4.06. The van der Waals surface area contributed by atoms with Crippen molar-refractivity contribution in [3.63, 3.8) is 0 Å². The second-order valence-corrected chi connectivity index (χ2v) is 5.64. The molecule has 0 radical (unpaired) electrons. The van der Waals surface area contributed by atoms with Gasteiger partial charge in [0.15, 0.2) is 11.5 Å². The average Bonchev–Trinajstić information content (AvgIpc) is 3.02. The van der Waals surface area contributed by atoms with Crippen molar-refractivity contribution in [2.75, 3.05) is 12.1 Å². The number of hydrogen-bond donors (Lipinski definition) is 2. The molecule has 0 saturated carbocycles. The summed E-state index contributed by atoms with van der Waals surface area (Å²) in [4.78, 5) is 23.4. The van der Waals surface area contributed by atoms with Gasteiger partial charge in [0.2, 0.25) is 12.7 Å². The van der Waals surface area contributed by atoms with Crippen LogP contribution < -0.4 is 14.8 Å². The normalized spacial score (nSPS) is 13.3. The Kier molecular flexibility index (Phi) is 4.83. The predicted molar refractivity (Wildman–Crippen MR) is 87.2 cm³/mol. The molecular weight excluding hydrogens is 329 g/mol. The first kappa shape index (κ1) is 16.8. The largest absolute Gasteiger partial charge is 0.481 e. The quantitative estimate of drug-likeness (QED) is 0.840.